The van der Waals surface area contributed by atoms with Crippen molar-refractivity contribution < 1.29 is 18.0 Å². The number of benzene rings is 1. The standard InChI is InChI=1S/C23H31N3O4S/c24-31(29,30)14-15-3-5-19(6-4-15)25-21(27)20-2-1-7-26(20)22(28)23-11-16-8-17(12-23)10-18(9-16)13-23/h3-6,16-18,20H,1-2,7-14H2,(H,25,27)(H2,24,29,30). The molecule has 6 rings (SSSR count). The highest BCUT2D eigenvalue weighted by Crippen LogP contribution is 2.60. The lowest BCUT2D eigenvalue weighted by atomic mass is 9.49. The molecule has 1 aromatic rings. The molecule has 5 aliphatic rings. The Morgan fingerprint density at radius 1 is 1.03 bits per heavy atom. The van der Waals surface area contributed by atoms with Gasteiger partial charge in [0.05, 0.1) is 11.2 Å². The van der Waals surface area contributed by atoms with E-state index in [9.17, 15) is 18.0 Å². The highest BCUT2D eigenvalue weighted by Gasteiger charge is 2.56. The Labute approximate surface area is 183 Å². The fraction of sp³-hybridized carbons (Fsp3) is 0.652. The number of primary sulfonamides is 1. The summed E-state index contributed by atoms with van der Waals surface area (Å²) < 4.78 is 22.5. The third-order valence-electron chi connectivity index (χ3n) is 7.90. The summed E-state index contributed by atoms with van der Waals surface area (Å²) >= 11 is 0. The van der Waals surface area contributed by atoms with Crippen LogP contribution in [0.1, 0.15) is 56.9 Å². The van der Waals surface area contributed by atoms with Crippen LogP contribution in [0.3, 0.4) is 0 Å². The van der Waals surface area contributed by atoms with Gasteiger partial charge in [0.1, 0.15) is 6.04 Å². The maximum Gasteiger partial charge on any atom is 0.247 e. The Kier molecular flexibility index (Phi) is 5.13. The molecule has 168 valence electrons. The molecule has 0 aromatic heterocycles. The van der Waals surface area contributed by atoms with Crippen molar-refractivity contribution in [1.29, 1.82) is 0 Å². The summed E-state index contributed by atoms with van der Waals surface area (Å²) in [7, 11) is -3.59. The van der Waals surface area contributed by atoms with E-state index in [-0.39, 0.29) is 23.0 Å². The average molecular weight is 446 g/mol. The number of sulfonamides is 1. The highest BCUT2D eigenvalue weighted by atomic mass is 32.2. The Morgan fingerprint density at radius 2 is 1.61 bits per heavy atom. The van der Waals surface area contributed by atoms with Crippen molar-refractivity contribution in [1.82, 2.24) is 4.90 Å². The largest absolute Gasteiger partial charge is 0.330 e. The molecule has 2 amide bonds. The maximum absolute atomic E-state index is 13.7. The minimum absolute atomic E-state index is 0.158. The normalized spacial score (nSPS) is 34.2. The fourth-order valence-electron chi connectivity index (χ4n) is 7.10. The topological polar surface area (TPSA) is 110 Å². The van der Waals surface area contributed by atoms with Crippen LogP contribution >= 0.6 is 0 Å². The van der Waals surface area contributed by atoms with Gasteiger partial charge in [0.15, 0.2) is 0 Å². The maximum atomic E-state index is 13.7. The zero-order chi connectivity index (χ0) is 21.8. The third-order valence-corrected chi connectivity index (χ3v) is 8.63. The van der Waals surface area contributed by atoms with E-state index in [1.807, 2.05) is 4.90 Å². The quantitative estimate of drug-likeness (QED) is 0.726. The van der Waals surface area contributed by atoms with Crippen LogP contribution in [-0.4, -0.2) is 37.7 Å². The second-order valence-electron chi connectivity index (χ2n) is 10.3. The van der Waals surface area contributed by atoms with Crippen molar-refractivity contribution in [3.63, 3.8) is 0 Å². The lowest BCUT2D eigenvalue weighted by Gasteiger charge is -2.56. The number of amides is 2. The van der Waals surface area contributed by atoms with Gasteiger partial charge >= 0.3 is 0 Å². The van der Waals surface area contributed by atoms with Crippen molar-refractivity contribution >= 4 is 27.5 Å². The fourth-order valence-corrected chi connectivity index (χ4v) is 7.76. The van der Waals surface area contributed by atoms with Gasteiger partial charge in [-0.2, -0.15) is 0 Å². The number of hydrogen-bond donors (Lipinski definition) is 2. The number of carbonyl (C=O) groups excluding carboxylic acids is 2. The van der Waals surface area contributed by atoms with Gasteiger partial charge in [0.2, 0.25) is 21.8 Å². The number of hydrogen-bond acceptors (Lipinski definition) is 4. The summed E-state index contributed by atoms with van der Waals surface area (Å²) in [6, 6.07) is 6.22. The summed E-state index contributed by atoms with van der Waals surface area (Å²) in [6.45, 7) is 0.659. The predicted octanol–water partition coefficient (Wildman–Crippen LogP) is 2.62. The Balaban J connectivity index is 1.27. The van der Waals surface area contributed by atoms with Crippen LogP contribution in [0.15, 0.2) is 24.3 Å². The monoisotopic (exact) mass is 445 g/mol. The van der Waals surface area contributed by atoms with Crippen molar-refractivity contribution in [2.24, 2.45) is 28.3 Å². The second-order valence-corrected chi connectivity index (χ2v) is 12.0. The molecule has 0 spiro atoms. The zero-order valence-electron chi connectivity index (χ0n) is 17.8. The van der Waals surface area contributed by atoms with Gasteiger partial charge in [-0.15, -0.1) is 0 Å². The highest BCUT2D eigenvalue weighted by molar-refractivity contribution is 7.88. The lowest BCUT2D eigenvalue weighted by molar-refractivity contribution is -0.160. The van der Waals surface area contributed by atoms with Gasteiger partial charge in [-0.3, -0.25) is 9.59 Å². The van der Waals surface area contributed by atoms with Gasteiger partial charge < -0.3 is 10.2 Å². The Hall–Kier alpha value is -1.93. The number of nitrogens with zero attached hydrogens (tertiary/aromatic N) is 1. The van der Waals surface area contributed by atoms with E-state index in [0.717, 1.165) is 25.7 Å². The second kappa shape index (κ2) is 7.59. The van der Waals surface area contributed by atoms with Crippen molar-refractivity contribution in [2.75, 3.05) is 11.9 Å². The SMILES string of the molecule is NS(=O)(=O)Cc1ccc(NC(=O)C2CCCN2C(=O)C23CC4CC(CC(C4)C2)C3)cc1. The molecule has 1 saturated heterocycles. The molecule has 7 nitrogen and oxygen atoms in total. The molecule has 8 heteroatoms. The van der Waals surface area contributed by atoms with Crippen LogP contribution in [0.2, 0.25) is 0 Å². The van der Waals surface area contributed by atoms with Crippen molar-refractivity contribution in [3.05, 3.63) is 29.8 Å². The molecule has 1 aliphatic heterocycles. The first-order valence-corrected chi connectivity index (χ1v) is 13.1. The molecule has 4 bridgehead atoms. The minimum Gasteiger partial charge on any atom is -0.330 e. The first kappa shape index (κ1) is 20.9. The smallest absolute Gasteiger partial charge is 0.247 e. The van der Waals surface area contributed by atoms with Gasteiger partial charge in [-0.1, -0.05) is 12.1 Å². The lowest BCUT2D eigenvalue weighted by Crippen LogP contribution is -2.56. The van der Waals surface area contributed by atoms with E-state index in [2.05, 4.69) is 5.32 Å². The molecule has 4 aliphatic carbocycles. The van der Waals surface area contributed by atoms with Gasteiger partial charge in [0.25, 0.3) is 0 Å². The summed E-state index contributed by atoms with van der Waals surface area (Å²) in [5.41, 5.74) is 0.935. The van der Waals surface area contributed by atoms with Gasteiger partial charge in [-0.05, 0) is 86.8 Å². The van der Waals surface area contributed by atoms with Crippen LogP contribution in [0.25, 0.3) is 0 Å². The number of carbonyl (C=O) groups is 2. The first-order chi connectivity index (χ1) is 14.7. The number of likely N-dealkylation sites (tertiary alicyclic amines) is 1. The predicted molar refractivity (Wildman–Crippen MR) is 117 cm³/mol. The summed E-state index contributed by atoms with van der Waals surface area (Å²) in [6.07, 6.45) is 8.43. The van der Waals surface area contributed by atoms with Crippen molar-refractivity contribution in [2.45, 2.75) is 63.2 Å². The molecule has 1 aromatic carbocycles. The third kappa shape index (κ3) is 4.12. The number of rotatable bonds is 5. The number of nitrogens with two attached hydrogens (primary N) is 1. The molecule has 0 radical (unpaired) electrons. The van der Waals surface area contributed by atoms with E-state index in [4.69, 9.17) is 5.14 Å². The Bertz CT molecular complexity index is 953. The van der Waals surface area contributed by atoms with Crippen LogP contribution in [0, 0.1) is 23.2 Å². The van der Waals surface area contributed by atoms with E-state index >= 15 is 0 Å². The molecule has 1 atom stereocenters. The molecule has 1 unspecified atom stereocenters. The molecule has 31 heavy (non-hydrogen) atoms. The van der Waals surface area contributed by atoms with Gasteiger partial charge in [0, 0.05) is 12.2 Å². The van der Waals surface area contributed by atoms with E-state index < -0.39 is 16.1 Å². The van der Waals surface area contributed by atoms with Gasteiger partial charge in [-0.25, -0.2) is 13.6 Å². The van der Waals surface area contributed by atoms with Crippen LogP contribution in [-0.2, 0) is 25.4 Å². The first-order valence-electron chi connectivity index (χ1n) is 11.4. The van der Waals surface area contributed by atoms with Crippen LogP contribution in [0.4, 0.5) is 5.69 Å². The summed E-state index contributed by atoms with van der Waals surface area (Å²) in [5, 5.41) is 8.00. The average Bonchev–Trinajstić information content (AvgIpc) is 3.16. The van der Waals surface area contributed by atoms with Crippen LogP contribution < -0.4 is 10.5 Å². The summed E-state index contributed by atoms with van der Waals surface area (Å²) in [5.74, 6) is 1.90. The minimum atomic E-state index is -3.59. The molecular formula is C23H31N3O4S. The van der Waals surface area contributed by atoms with E-state index in [1.54, 1.807) is 24.3 Å². The summed E-state index contributed by atoms with van der Waals surface area (Å²) in [4.78, 5) is 28.6. The van der Waals surface area contributed by atoms with E-state index in [1.165, 1.54) is 19.3 Å². The molecule has 3 N–H and O–H groups in total. The molecule has 5 fully saturated rings. The van der Waals surface area contributed by atoms with Crippen LogP contribution in [0.5, 0.6) is 0 Å². The number of anilines is 1. The molecular weight excluding hydrogens is 414 g/mol. The Morgan fingerprint density at radius 3 is 2.16 bits per heavy atom. The molecule has 1 heterocycles. The zero-order valence-corrected chi connectivity index (χ0v) is 18.6. The van der Waals surface area contributed by atoms with E-state index in [0.29, 0.717) is 42.0 Å². The molecule has 4 saturated carbocycles. The van der Waals surface area contributed by atoms with Crippen molar-refractivity contribution in [3.8, 4) is 0 Å². The number of nitrogens with one attached hydrogen (secondary N) is 1.